The highest BCUT2D eigenvalue weighted by molar-refractivity contribution is 4.93. The number of hydrogen-bond acceptors (Lipinski definition) is 2. The van der Waals surface area contributed by atoms with Crippen LogP contribution in [0.15, 0.2) is 0 Å². The Morgan fingerprint density at radius 1 is 0.929 bits per heavy atom. The predicted molar refractivity (Wildman–Crippen MR) is 56.0 cm³/mol. The van der Waals surface area contributed by atoms with Gasteiger partial charge in [0, 0.05) is 0 Å². The molecular formula is C12H22O2. The predicted octanol–water partition coefficient (Wildman–Crippen LogP) is 2.23. The molecule has 0 radical (unpaired) electrons. The van der Waals surface area contributed by atoms with Crippen molar-refractivity contribution in [2.75, 3.05) is 0 Å². The van der Waals surface area contributed by atoms with Crippen molar-refractivity contribution in [3.63, 3.8) is 0 Å². The van der Waals surface area contributed by atoms with Crippen LogP contribution < -0.4 is 0 Å². The highest BCUT2D eigenvalue weighted by atomic mass is 16.3. The van der Waals surface area contributed by atoms with Gasteiger partial charge in [0.05, 0.1) is 11.7 Å². The van der Waals surface area contributed by atoms with Crippen molar-refractivity contribution in [1.29, 1.82) is 0 Å². The van der Waals surface area contributed by atoms with Gasteiger partial charge in [0.2, 0.25) is 0 Å². The van der Waals surface area contributed by atoms with Gasteiger partial charge in [-0.3, -0.25) is 0 Å². The topological polar surface area (TPSA) is 40.5 Å². The van der Waals surface area contributed by atoms with E-state index in [0.29, 0.717) is 5.92 Å². The first-order chi connectivity index (χ1) is 6.72. The normalized spacial score (nSPS) is 30.4. The maximum atomic E-state index is 10.4. The molecule has 0 heterocycles. The van der Waals surface area contributed by atoms with Crippen molar-refractivity contribution in [3.05, 3.63) is 0 Å². The molecule has 2 heteroatoms. The third kappa shape index (κ3) is 1.96. The third-order valence-electron chi connectivity index (χ3n) is 4.12. The van der Waals surface area contributed by atoms with E-state index in [1.54, 1.807) is 0 Å². The molecule has 0 aliphatic heterocycles. The molecule has 14 heavy (non-hydrogen) atoms. The number of aliphatic hydroxyl groups excluding tert-OH is 1. The van der Waals surface area contributed by atoms with Gasteiger partial charge in [-0.25, -0.2) is 0 Å². The SMILES string of the molecule is OC(C1CCCC1)C1(O)CCCCC1. The Balaban J connectivity index is 1.96. The van der Waals surface area contributed by atoms with E-state index in [0.717, 1.165) is 38.5 Å². The first kappa shape index (κ1) is 10.4. The monoisotopic (exact) mass is 198 g/mol. The van der Waals surface area contributed by atoms with Gasteiger partial charge < -0.3 is 10.2 Å². The molecule has 0 aromatic rings. The summed E-state index contributed by atoms with van der Waals surface area (Å²) >= 11 is 0. The quantitative estimate of drug-likeness (QED) is 0.714. The number of aliphatic hydroxyl groups is 2. The van der Waals surface area contributed by atoms with Gasteiger partial charge in [-0.15, -0.1) is 0 Å². The molecule has 2 fully saturated rings. The van der Waals surface area contributed by atoms with Crippen LogP contribution in [0.5, 0.6) is 0 Å². The van der Waals surface area contributed by atoms with Gasteiger partial charge in [-0.2, -0.15) is 0 Å². The molecule has 1 unspecified atom stereocenters. The second-order valence-electron chi connectivity index (χ2n) is 5.15. The first-order valence-corrected chi connectivity index (χ1v) is 6.13. The van der Waals surface area contributed by atoms with Crippen LogP contribution in [0.1, 0.15) is 57.8 Å². The van der Waals surface area contributed by atoms with Crippen molar-refractivity contribution in [3.8, 4) is 0 Å². The first-order valence-electron chi connectivity index (χ1n) is 6.13. The number of hydrogen-bond donors (Lipinski definition) is 2. The van der Waals surface area contributed by atoms with E-state index >= 15 is 0 Å². The van der Waals surface area contributed by atoms with Crippen molar-refractivity contribution in [2.45, 2.75) is 69.5 Å². The Kier molecular flexibility index (Phi) is 3.13. The van der Waals surface area contributed by atoms with E-state index in [2.05, 4.69) is 0 Å². The molecule has 0 amide bonds. The second kappa shape index (κ2) is 4.19. The van der Waals surface area contributed by atoms with E-state index in [1.807, 2.05) is 0 Å². The van der Waals surface area contributed by atoms with Gasteiger partial charge in [-0.1, -0.05) is 32.1 Å². The van der Waals surface area contributed by atoms with Gasteiger partial charge in [0.1, 0.15) is 0 Å². The molecule has 0 bridgehead atoms. The molecule has 0 aromatic carbocycles. The summed E-state index contributed by atoms with van der Waals surface area (Å²) in [5.41, 5.74) is -0.743. The maximum Gasteiger partial charge on any atom is 0.0908 e. The van der Waals surface area contributed by atoms with E-state index < -0.39 is 11.7 Å². The van der Waals surface area contributed by atoms with Crippen LogP contribution in [0.25, 0.3) is 0 Å². The van der Waals surface area contributed by atoms with Gasteiger partial charge in [0.25, 0.3) is 0 Å². The van der Waals surface area contributed by atoms with Crippen LogP contribution >= 0.6 is 0 Å². The fourth-order valence-electron chi connectivity index (χ4n) is 3.17. The molecule has 0 saturated heterocycles. The summed E-state index contributed by atoms with van der Waals surface area (Å²) in [6.45, 7) is 0. The summed E-state index contributed by atoms with van der Waals surface area (Å²) in [5, 5.41) is 20.5. The van der Waals surface area contributed by atoms with Gasteiger partial charge in [-0.05, 0) is 31.6 Å². The van der Waals surface area contributed by atoms with Crippen molar-refractivity contribution < 1.29 is 10.2 Å². The second-order valence-corrected chi connectivity index (χ2v) is 5.15. The lowest BCUT2D eigenvalue weighted by Crippen LogP contribution is -2.47. The average Bonchev–Trinajstić information content (AvgIpc) is 2.70. The molecule has 0 aromatic heterocycles. The fraction of sp³-hybridized carbons (Fsp3) is 1.00. The Bertz CT molecular complexity index is 179. The minimum atomic E-state index is -0.743. The van der Waals surface area contributed by atoms with Crippen LogP contribution in [-0.2, 0) is 0 Å². The lowest BCUT2D eigenvalue weighted by molar-refractivity contribution is -0.119. The van der Waals surface area contributed by atoms with Crippen molar-refractivity contribution in [2.24, 2.45) is 5.92 Å². The van der Waals surface area contributed by atoms with E-state index in [4.69, 9.17) is 0 Å². The summed E-state index contributed by atoms with van der Waals surface area (Å²) in [6.07, 6.45) is 9.25. The highest BCUT2D eigenvalue weighted by Gasteiger charge is 2.41. The van der Waals surface area contributed by atoms with Crippen LogP contribution in [0.2, 0.25) is 0 Å². The van der Waals surface area contributed by atoms with E-state index in [9.17, 15) is 10.2 Å². The summed E-state index contributed by atoms with van der Waals surface area (Å²) in [5.74, 6) is 0.373. The summed E-state index contributed by atoms with van der Waals surface area (Å²) < 4.78 is 0. The van der Waals surface area contributed by atoms with Crippen LogP contribution in [0.4, 0.5) is 0 Å². The van der Waals surface area contributed by atoms with Crippen LogP contribution in [0, 0.1) is 5.92 Å². The minimum absolute atomic E-state index is 0.373. The van der Waals surface area contributed by atoms with E-state index in [1.165, 1.54) is 19.3 Å². The highest BCUT2D eigenvalue weighted by Crippen LogP contribution is 2.38. The lowest BCUT2D eigenvalue weighted by Gasteiger charge is -2.39. The molecule has 82 valence electrons. The summed E-state index contributed by atoms with van der Waals surface area (Å²) in [4.78, 5) is 0. The Morgan fingerprint density at radius 2 is 1.50 bits per heavy atom. The zero-order valence-corrected chi connectivity index (χ0v) is 8.91. The van der Waals surface area contributed by atoms with E-state index in [-0.39, 0.29) is 0 Å². The maximum absolute atomic E-state index is 10.4. The molecule has 2 N–H and O–H groups in total. The Hall–Kier alpha value is -0.0800. The molecule has 2 aliphatic carbocycles. The van der Waals surface area contributed by atoms with Gasteiger partial charge >= 0.3 is 0 Å². The molecule has 2 aliphatic rings. The Labute approximate surface area is 86.3 Å². The third-order valence-corrected chi connectivity index (χ3v) is 4.12. The van der Waals surface area contributed by atoms with Crippen molar-refractivity contribution >= 4 is 0 Å². The lowest BCUT2D eigenvalue weighted by atomic mass is 9.76. The minimum Gasteiger partial charge on any atom is -0.390 e. The zero-order chi connectivity index (χ0) is 10.0. The molecular weight excluding hydrogens is 176 g/mol. The molecule has 2 saturated carbocycles. The molecule has 0 spiro atoms. The molecule has 1 atom stereocenters. The van der Waals surface area contributed by atoms with Crippen LogP contribution in [-0.4, -0.2) is 21.9 Å². The smallest absolute Gasteiger partial charge is 0.0908 e. The average molecular weight is 198 g/mol. The van der Waals surface area contributed by atoms with Crippen LogP contribution in [0.3, 0.4) is 0 Å². The molecule has 2 nitrogen and oxygen atoms in total. The largest absolute Gasteiger partial charge is 0.390 e. The standard InChI is InChI=1S/C12H22O2/c13-11(10-6-2-3-7-10)12(14)8-4-1-5-9-12/h10-11,13-14H,1-9H2. The Morgan fingerprint density at radius 3 is 2.07 bits per heavy atom. The zero-order valence-electron chi connectivity index (χ0n) is 8.91. The van der Waals surface area contributed by atoms with Gasteiger partial charge in [0.15, 0.2) is 0 Å². The molecule has 2 rings (SSSR count). The summed E-state index contributed by atoms with van der Waals surface area (Å²) in [7, 11) is 0. The fourth-order valence-corrected chi connectivity index (χ4v) is 3.17. The van der Waals surface area contributed by atoms with Crippen molar-refractivity contribution in [1.82, 2.24) is 0 Å². The number of rotatable bonds is 2. The summed E-state index contributed by atoms with van der Waals surface area (Å²) in [6, 6.07) is 0.